The molecule has 2 heterocycles. The van der Waals surface area contributed by atoms with Crippen molar-refractivity contribution in [3.05, 3.63) is 95.0 Å². The molecule has 0 fully saturated rings. The molecule has 5 rings (SSSR count). The van der Waals surface area contributed by atoms with Gasteiger partial charge in [-0.2, -0.15) is 4.98 Å². The molecule has 0 unspecified atom stereocenters. The summed E-state index contributed by atoms with van der Waals surface area (Å²) in [7, 11) is 1.65. The maximum absolute atomic E-state index is 12.5. The van der Waals surface area contributed by atoms with Crippen LogP contribution in [0.15, 0.2) is 78.9 Å². The first-order valence-electron chi connectivity index (χ1n) is 11.2. The molecule has 1 aromatic heterocycles. The highest BCUT2D eigenvalue weighted by Gasteiger charge is 2.33. The molecule has 2 atom stereocenters. The standard InChI is InChI=1S/C26H24ClN5O3/c1-34-23-10-6-5-9-20(23)22-15-21(17-11-13-18(27)14-12-17)28-26-30-25(31-32(22)26)29-24(33)16-35-19-7-3-2-4-8-19/h2-14,21-22H,15-16H2,1H3,(H2,28,29,30,31,33)/t21-,22-/m0/s1. The lowest BCUT2D eigenvalue weighted by molar-refractivity contribution is -0.118. The summed E-state index contributed by atoms with van der Waals surface area (Å²) in [6.45, 7) is -0.148. The van der Waals surface area contributed by atoms with Crippen LogP contribution in [0.3, 0.4) is 0 Å². The van der Waals surface area contributed by atoms with Gasteiger partial charge in [0, 0.05) is 10.6 Å². The number of methoxy groups -OCH3 is 1. The van der Waals surface area contributed by atoms with Crippen molar-refractivity contribution in [1.82, 2.24) is 14.8 Å². The molecule has 9 heteroatoms. The largest absolute Gasteiger partial charge is 0.496 e. The molecule has 0 bridgehead atoms. The zero-order valence-electron chi connectivity index (χ0n) is 19.0. The minimum Gasteiger partial charge on any atom is -0.496 e. The molecule has 178 valence electrons. The molecule has 0 radical (unpaired) electrons. The number of fused-ring (bicyclic) bond motifs is 1. The van der Waals surface area contributed by atoms with Gasteiger partial charge >= 0.3 is 0 Å². The van der Waals surface area contributed by atoms with Crippen LogP contribution >= 0.6 is 11.6 Å². The monoisotopic (exact) mass is 489 g/mol. The summed E-state index contributed by atoms with van der Waals surface area (Å²) >= 11 is 6.10. The summed E-state index contributed by atoms with van der Waals surface area (Å²) in [5, 5.41) is 11.5. The molecule has 3 aromatic carbocycles. The maximum atomic E-state index is 12.5. The fourth-order valence-corrected chi connectivity index (χ4v) is 4.30. The van der Waals surface area contributed by atoms with Crippen molar-refractivity contribution in [3.63, 3.8) is 0 Å². The molecule has 8 nitrogen and oxygen atoms in total. The highest BCUT2D eigenvalue weighted by Crippen LogP contribution is 2.41. The Balaban J connectivity index is 1.41. The van der Waals surface area contributed by atoms with E-state index in [0.717, 1.165) is 16.9 Å². The number of carbonyl (C=O) groups excluding carboxylic acids is 1. The number of hydrogen-bond donors (Lipinski definition) is 2. The van der Waals surface area contributed by atoms with Crippen molar-refractivity contribution in [2.75, 3.05) is 24.4 Å². The number of nitrogens with one attached hydrogen (secondary N) is 2. The predicted molar refractivity (Wildman–Crippen MR) is 134 cm³/mol. The van der Waals surface area contributed by atoms with Gasteiger partial charge in [0.15, 0.2) is 6.61 Å². The van der Waals surface area contributed by atoms with Gasteiger partial charge in [-0.15, -0.1) is 5.10 Å². The van der Waals surface area contributed by atoms with Gasteiger partial charge in [0.05, 0.1) is 19.2 Å². The number of hydrogen-bond acceptors (Lipinski definition) is 6. The summed E-state index contributed by atoms with van der Waals surface area (Å²) in [6, 6.07) is 24.5. The normalized spacial score (nSPS) is 16.6. The second kappa shape index (κ2) is 10.1. The molecular weight excluding hydrogens is 466 g/mol. The molecule has 4 aromatic rings. The van der Waals surface area contributed by atoms with Crippen LogP contribution in [0.25, 0.3) is 0 Å². The second-order valence-corrected chi connectivity index (χ2v) is 8.53. The van der Waals surface area contributed by atoms with E-state index in [1.54, 1.807) is 23.9 Å². The highest BCUT2D eigenvalue weighted by molar-refractivity contribution is 6.30. The minimum atomic E-state index is -0.347. The maximum Gasteiger partial charge on any atom is 0.264 e. The van der Waals surface area contributed by atoms with Gasteiger partial charge in [-0.1, -0.05) is 60.1 Å². The number of nitrogens with zero attached hydrogens (tertiary/aromatic N) is 3. The Bertz CT molecular complexity index is 1310. The quantitative estimate of drug-likeness (QED) is 0.375. The number of aromatic nitrogens is 3. The third kappa shape index (κ3) is 5.07. The fourth-order valence-electron chi connectivity index (χ4n) is 4.17. The van der Waals surface area contributed by atoms with Crippen molar-refractivity contribution < 1.29 is 14.3 Å². The molecule has 1 aliphatic rings. The lowest BCUT2D eigenvalue weighted by Crippen LogP contribution is -2.28. The second-order valence-electron chi connectivity index (χ2n) is 8.10. The number of rotatable bonds is 7. The Kier molecular flexibility index (Phi) is 6.54. The van der Waals surface area contributed by atoms with Crippen LogP contribution in [0.4, 0.5) is 11.9 Å². The average molecular weight is 490 g/mol. The summed E-state index contributed by atoms with van der Waals surface area (Å²) < 4.78 is 12.9. The number of carbonyl (C=O) groups is 1. The van der Waals surface area contributed by atoms with Gasteiger partial charge in [-0.05, 0) is 42.3 Å². The Morgan fingerprint density at radius 3 is 2.60 bits per heavy atom. The Hall–Kier alpha value is -4.04. The molecule has 0 saturated carbocycles. The minimum absolute atomic E-state index is 0.0381. The van der Waals surface area contributed by atoms with E-state index in [9.17, 15) is 4.79 Å². The van der Waals surface area contributed by atoms with Gasteiger partial charge in [-0.3, -0.25) is 10.1 Å². The van der Waals surface area contributed by atoms with Crippen molar-refractivity contribution in [2.24, 2.45) is 0 Å². The lowest BCUT2D eigenvalue weighted by Gasteiger charge is -2.32. The first-order valence-corrected chi connectivity index (χ1v) is 11.6. The van der Waals surface area contributed by atoms with Crippen LogP contribution in [0.2, 0.25) is 5.02 Å². The van der Waals surface area contributed by atoms with E-state index in [4.69, 9.17) is 21.1 Å². The van der Waals surface area contributed by atoms with Crippen molar-refractivity contribution in [3.8, 4) is 11.5 Å². The molecule has 0 saturated heterocycles. The van der Waals surface area contributed by atoms with Crippen LogP contribution < -0.4 is 20.1 Å². The molecule has 35 heavy (non-hydrogen) atoms. The zero-order valence-corrected chi connectivity index (χ0v) is 19.8. The van der Waals surface area contributed by atoms with E-state index in [1.165, 1.54) is 0 Å². The van der Waals surface area contributed by atoms with Gasteiger partial charge in [0.1, 0.15) is 11.5 Å². The Morgan fingerprint density at radius 1 is 1.09 bits per heavy atom. The molecular formula is C26H24ClN5O3. The average Bonchev–Trinajstić information content (AvgIpc) is 3.30. The van der Waals surface area contributed by atoms with Crippen LogP contribution in [0, 0.1) is 0 Å². The van der Waals surface area contributed by atoms with Crippen molar-refractivity contribution in [1.29, 1.82) is 0 Å². The highest BCUT2D eigenvalue weighted by atomic mass is 35.5. The van der Waals surface area contributed by atoms with Crippen LogP contribution in [-0.4, -0.2) is 34.4 Å². The summed E-state index contributed by atoms with van der Waals surface area (Å²) in [6.07, 6.45) is 0.697. The van der Waals surface area contributed by atoms with E-state index in [0.29, 0.717) is 23.1 Å². The van der Waals surface area contributed by atoms with E-state index < -0.39 is 0 Å². The van der Waals surface area contributed by atoms with Gasteiger partial charge < -0.3 is 14.8 Å². The third-order valence-electron chi connectivity index (χ3n) is 5.82. The fraction of sp³-hybridized carbons (Fsp3) is 0.192. The summed E-state index contributed by atoms with van der Waals surface area (Å²) in [5.74, 6) is 1.78. The molecule has 2 N–H and O–H groups in total. The summed E-state index contributed by atoms with van der Waals surface area (Å²) in [5.41, 5.74) is 2.05. The zero-order chi connectivity index (χ0) is 24.2. The smallest absolute Gasteiger partial charge is 0.264 e. The van der Waals surface area contributed by atoms with Gasteiger partial charge in [-0.25, -0.2) is 4.68 Å². The van der Waals surface area contributed by atoms with Crippen LogP contribution in [0.1, 0.15) is 29.6 Å². The topological polar surface area (TPSA) is 90.3 Å². The molecule has 1 amide bonds. The number of ether oxygens (including phenoxy) is 2. The van der Waals surface area contributed by atoms with E-state index >= 15 is 0 Å². The van der Waals surface area contributed by atoms with Gasteiger partial charge in [0.2, 0.25) is 5.95 Å². The van der Waals surface area contributed by atoms with Gasteiger partial charge in [0.25, 0.3) is 11.9 Å². The third-order valence-corrected chi connectivity index (χ3v) is 6.08. The molecule has 0 spiro atoms. The number of halogens is 1. The molecule has 0 aliphatic carbocycles. The number of anilines is 2. The van der Waals surface area contributed by atoms with Crippen LogP contribution in [-0.2, 0) is 4.79 Å². The SMILES string of the molecule is COc1ccccc1[C@@H]1C[C@@H](c2ccc(Cl)cc2)Nc2nc(NC(=O)COc3ccccc3)nn21. The predicted octanol–water partition coefficient (Wildman–Crippen LogP) is 5.10. The Morgan fingerprint density at radius 2 is 1.83 bits per heavy atom. The first-order chi connectivity index (χ1) is 17.1. The number of para-hydroxylation sites is 2. The Labute approximate surface area is 207 Å². The lowest BCUT2D eigenvalue weighted by atomic mass is 9.93. The summed E-state index contributed by atoms with van der Waals surface area (Å²) in [4.78, 5) is 17.0. The van der Waals surface area contributed by atoms with E-state index in [-0.39, 0.29) is 30.5 Å². The van der Waals surface area contributed by atoms with Crippen molar-refractivity contribution >= 4 is 29.4 Å². The molecule has 1 aliphatic heterocycles. The van der Waals surface area contributed by atoms with Crippen molar-refractivity contribution in [2.45, 2.75) is 18.5 Å². The van der Waals surface area contributed by atoms with E-state index in [1.807, 2.05) is 66.7 Å². The number of amides is 1. The first kappa shape index (κ1) is 22.7. The number of benzene rings is 3. The van der Waals surface area contributed by atoms with Crippen LogP contribution in [0.5, 0.6) is 11.5 Å². The van der Waals surface area contributed by atoms with E-state index in [2.05, 4.69) is 20.7 Å².